The van der Waals surface area contributed by atoms with Crippen molar-refractivity contribution in [1.29, 1.82) is 0 Å². The molecule has 0 aliphatic carbocycles. The molecule has 3 heteroatoms. The summed E-state index contributed by atoms with van der Waals surface area (Å²) in [5, 5.41) is 3.37. The van der Waals surface area contributed by atoms with E-state index >= 15 is 0 Å². The minimum absolute atomic E-state index is 0.139. The van der Waals surface area contributed by atoms with Crippen LogP contribution >= 0.6 is 0 Å². The Morgan fingerprint density at radius 1 is 1.50 bits per heavy atom. The first-order chi connectivity index (χ1) is 6.62. The molecule has 14 heavy (non-hydrogen) atoms. The molecule has 3 N–H and O–H groups in total. The van der Waals surface area contributed by atoms with Crippen molar-refractivity contribution in [1.82, 2.24) is 0 Å². The molecule has 1 aliphatic heterocycles. The van der Waals surface area contributed by atoms with Crippen molar-refractivity contribution in [3.63, 3.8) is 0 Å². The zero-order valence-electron chi connectivity index (χ0n) is 8.63. The molecule has 0 atom stereocenters. The predicted molar refractivity (Wildman–Crippen MR) is 57.5 cm³/mol. The van der Waals surface area contributed by atoms with Crippen molar-refractivity contribution in [3.05, 3.63) is 23.8 Å². The second-order valence-electron chi connectivity index (χ2n) is 4.21. The van der Waals surface area contributed by atoms with Gasteiger partial charge in [-0.15, -0.1) is 0 Å². The zero-order valence-corrected chi connectivity index (χ0v) is 8.63. The largest absolute Gasteiger partial charge is 0.484 e. The normalized spacial score (nSPS) is 17.9. The van der Waals surface area contributed by atoms with Gasteiger partial charge in [0.05, 0.1) is 12.2 Å². The Morgan fingerprint density at radius 3 is 3.00 bits per heavy atom. The molecule has 76 valence electrons. The molecule has 0 spiro atoms. The third kappa shape index (κ3) is 1.55. The van der Waals surface area contributed by atoms with Crippen LogP contribution in [0.15, 0.2) is 18.2 Å². The van der Waals surface area contributed by atoms with E-state index in [4.69, 9.17) is 10.5 Å². The lowest BCUT2D eigenvalue weighted by Gasteiger charge is -2.34. The van der Waals surface area contributed by atoms with Crippen molar-refractivity contribution in [2.45, 2.75) is 26.0 Å². The van der Waals surface area contributed by atoms with Gasteiger partial charge in [0.15, 0.2) is 0 Å². The summed E-state index contributed by atoms with van der Waals surface area (Å²) in [7, 11) is 0. The van der Waals surface area contributed by atoms with Crippen molar-refractivity contribution in [3.8, 4) is 5.75 Å². The number of nitrogens with one attached hydrogen (secondary N) is 1. The second kappa shape index (κ2) is 3.17. The lowest BCUT2D eigenvalue weighted by atomic mass is 10.0. The summed E-state index contributed by atoms with van der Waals surface area (Å²) in [5.41, 5.74) is 7.67. The summed E-state index contributed by atoms with van der Waals surface area (Å²) in [4.78, 5) is 0. The molecular formula is C11H16N2O. The summed E-state index contributed by atoms with van der Waals surface area (Å²) in [6.07, 6.45) is 0. The number of para-hydroxylation sites is 1. The van der Waals surface area contributed by atoms with Crippen LogP contribution in [-0.4, -0.2) is 12.1 Å². The topological polar surface area (TPSA) is 47.3 Å². The number of ether oxygens (including phenoxy) is 1. The predicted octanol–water partition coefficient (Wildman–Crippen LogP) is 1.73. The summed E-state index contributed by atoms with van der Waals surface area (Å²) in [6, 6.07) is 5.97. The molecule has 2 rings (SSSR count). The first kappa shape index (κ1) is 9.34. The fourth-order valence-corrected chi connectivity index (χ4v) is 1.67. The number of anilines is 1. The van der Waals surface area contributed by atoms with E-state index in [1.165, 1.54) is 0 Å². The number of rotatable bonds is 1. The van der Waals surface area contributed by atoms with E-state index in [1.807, 2.05) is 18.2 Å². The van der Waals surface area contributed by atoms with Crippen LogP contribution in [0.1, 0.15) is 19.4 Å². The Labute approximate surface area is 84.3 Å². The van der Waals surface area contributed by atoms with Crippen LogP contribution in [0.3, 0.4) is 0 Å². The van der Waals surface area contributed by atoms with E-state index in [0.29, 0.717) is 6.54 Å². The average Bonchev–Trinajstić information content (AvgIpc) is 2.15. The molecule has 1 aliphatic rings. The average molecular weight is 192 g/mol. The monoisotopic (exact) mass is 192 g/mol. The van der Waals surface area contributed by atoms with Crippen LogP contribution in [0.25, 0.3) is 0 Å². The number of fused-ring (bicyclic) bond motifs is 1. The number of benzene rings is 1. The van der Waals surface area contributed by atoms with Crippen molar-refractivity contribution < 1.29 is 4.74 Å². The summed E-state index contributed by atoms with van der Waals surface area (Å²) < 4.78 is 5.84. The summed E-state index contributed by atoms with van der Waals surface area (Å²) in [6.45, 7) is 5.49. The molecule has 0 saturated carbocycles. The van der Waals surface area contributed by atoms with Gasteiger partial charge in [-0.2, -0.15) is 0 Å². The van der Waals surface area contributed by atoms with Gasteiger partial charge in [-0.25, -0.2) is 0 Å². The molecule has 0 amide bonds. The van der Waals surface area contributed by atoms with Crippen LogP contribution in [0, 0.1) is 0 Å². The van der Waals surface area contributed by atoms with Gasteiger partial charge in [-0.05, 0) is 25.5 Å². The molecule has 0 bridgehead atoms. The van der Waals surface area contributed by atoms with Gasteiger partial charge in [-0.3, -0.25) is 0 Å². The molecular weight excluding hydrogens is 176 g/mol. The third-order valence-corrected chi connectivity index (χ3v) is 2.41. The first-order valence-corrected chi connectivity index (χ1v) is 4.87. The lowest BCUT2D eigenvalue weighted by molar-refractivity contribution is 0.116. The van der Waals surface area contributed by atoms with E-state index in [-0.39, 0.29) is 5.60 Å². The van der Waals surface area contributed by atoms with Gasteiger partial charge >= 0.3 is 0 Å². The van der Waals surface area contributed by atoms with Crippen LogP contribution in [0.2, 0.25) is 0 Å². The van der Waals surface area contributed by atoms with Gasteiger partial charge < -0.3 is 15.8 Å². The van der Waals surface area contributed by atoms with Gasteiger partial charge in [0.25, 0.3) is 0 Å². The van der Waals surface area contributed by atoms with Crippen LogP contribution in [-0.2, 0) is 6.54 Å². The minimum Gasteiger partial charge on any atom is -0.484 e. The molecule has 0 radical (unpaired) electrons. The van der Waals surface area contributed by atoms with E-state index < -0.39 is 0 Å². The zero-order chi connectivity index (χ0) is 10.2. The Morgan fingerprint density at radius 2 is 2.29 bits per heavy atom. The molecule has 1 aromatic rings. The fraction of sp³-hybridized carbons (Fsp3) is 0.455. The van der Waals surface area contributed by atoms with Crippen LogP contribution < -0.4 is 15.8 Å². The SMILES string of the molecule is CC1(C)CNc2c(CN)cccc2O1. The maximum atomic E-state index is 5.84. The van der Waals surface area contributed by atoms with E-state index in [9.17, 15) is 0 Å². The highest BCUT2D eigenvalue weighted by Gasteiger charge is 2.26. The van der Waals surface area contributed by atoms with E-state index in [0.717, 1.165) is 23.5 Å². The highest BCUT2D eigenvalue weighted by atomic mass is 16.5. The van der Waals surface area contributed by atoms with Crippen LogP contribution in [0.4, 0.5) is 5.69 Å². The number of hydrogen-bond acceptors (Lipinski definition) is 3. The van der Waals surface area contributed by atoms with Gasteiger partial charge in [0.1, 0.15) is 11.4 Å². The maximum absolute atomic E-state index is 5.84. The van der Waals surface area contributed by atoms with Crippen LogP contribution in [0.5, 0.6) is 5.75 Å². The quantitative estimate of drug-likeness (QED) is 0.712. The Hall–Kier alpha value is -1.22. The number of nitrogens with two attached hydrogens (primary N) is 1. The summed E-state index contributed by atoms with van der Waals surface area (Å²) in [5.74, 6) is 0.907. The molecule has 1 aromatic carbocycles. The highest BCUT2D eigenvalue weighted by Crippen LogP contribution is 2.35. The summed E-state index contributed by atoms with van der Waals surface area (Å²) >= 11 is 0. The molecule has 1 heterocycles. The molecule has 0 fully saturated rings. The standard InChI is InChI=1S/C11H16N2O/c1-11(2)7-13-10-8(6-12)4-3-5-9(10)14-11/h3-5,13H,6-7,12H2,1-2H3. The van der Waals surface area contributed by atoms with E-state index in [2.05, 4.69) is 19.2 Å². The lowest BCUT2D eigenvalue weighted by Crippen LogP contribution is -2.40. The molecule has 0 aromatic heterocycles. The Balaban J connectivity index is 2.40. The van der Waals surface area contributed by atoms with Crippen molar-refractivity contribution >= 4 is 5.69 Å². The molecule has 3 nitrogen and oxygen atoms in total. The van der Waals surface area contributed by atoms with E-state index in [1.54, 1.807) is 0 Å². The molecule has 0 saturated heterocycles. The van der Waals surface area contributed by atoms with Gasteiger partial charge in [0.2, 0.25) is 0 Å². The van der Waals surface area contributed by atoms with Gasteiger partial charge in [0, 0.05) is 6.54 Å². The smallest absolute Gasteiger partial charge is 0.143 e. The Kier molecular flexibility index (Phi) is 2.11. The highest BCUT2D eigenvalue weighted by molar-refractivity contribution is 5.63. The number of hydrogen-bond donors (Lipinski definition) is 2. The maximum Gasteiger partial charge on any atom is 0.143 e. The fourth-order valence-electron chi connectivity index (χ4n) is 1.67. The first-order valence-electron chi connectivity index (χ1n) is 4.87. The van der Waals surface area contributed by atoms with Crippen molar-refractivity contribution in [2.75, 3.05) is 11.9 Å². The Bertz CT molecular complexity index is 347. The molecule has 0 unspecified atom stereocenters. The minimum atomic E-state index is -0.139. The van der Waals surface area contributed by atoms with Crippen molar-refractivity contribution in [2.24, 2.45) is 5.73 Å². The van der Waals surface area contributed by atoms with Gasteiger partial charge in [-0.1, -0.05) is 12.1 Å². The third-order valence-electron chi connectivity index (χ3n) is 2.41. The second-order valence-corrected chi connectivity index (χ2v) is 4.21.